The maximum absolute atomic E-state index is 5.05. The van der Waals surface area contributed by atoms with Gasteiger partial charge in [-0.25, -0.2) is 15.0 Å². The van der Waals surface area contributed by atoms with E-state index in [1.807, 2.05) is 83.3 Å². The number of hydrogen-bond acceptors (Lipinski definition) is 5. The number of benzene rings is 8. The van der Waals surface area contributed by atoms with Crippen molar-refractivity contribution in [2.24, 2.45) is 0 Å². The number of fused-ring (bicyclic) bond motifs is 9. The van der Waals surface area contributed by atoms with Gasteiger partial charge in [-0.15, -0.1) is 22.7 Å². The largest absolute Gasteiger partial charge is 0.309 e. The Balaban J connectivity index is 1.02. The minimum Gasteiger partial charge on any atom is -0.309 e. The van der Waals surface area contributed by atoms with Crippen LogP contribution in [-0.2, 0) is 0 Å². The summed E-state index contributed by atoms with van der Waals surface area (Å²) in [5.41, 5.74) is 8.98. The van der Waals surface area contributed by atoms with Crippen molar-refractivity contribution in [1.82, 2.24) is 19.5 Å². The summed E-state index contributed by atoms with van der Waals surface area (Å²) in [5.74, 6) is 1.98. The van der Waals surface area contributed by atoms with Gasteiger partial charge in [-0.3, -0.25) is 0 Å². The summed E-state index contributed by atoms with van der Waals surface area (Å²) in [4.78, 5) is 15.0. The highest BCUT2D eigenvalue weighted by atomic mass is 32.1. The zero-order valence-electron chi connectivity index (χ0n) is 30.4. The van der Waals surface area contributed by atoms with Gasteiger partial charge in [0.15, 0.2) is 17.5 Å². The maximum Gasteiger partial charge on any atom is 0.164 e. The van der Waals surface area contributed by atoms with E-state index in [2.05, 4.69) is 126 Å². The number of para-hydroxylation sites is 2. The summed E-state index contributed by atoms with van der Waals surface area (Å²) in [5, 5.41) is 7.58. The molecule has 57 heavy (non-hydrogen) atoms. The van der Waals surface area contributed by atoms with Crippen LogP contribution in [0.3, 0.4) is 0 Å². The molecule has 0 aliphatic carbocycles. The van der Waals surface area contributed by atoms with Crippen LogP contribution in [0.15, 0.2) is 182 Å². The Labute approximate surface area is 335 Å². The molecule has 0 radical (unpaired) electrons. The predicted octanol–water partition coefficient (Wildman–Crippen LogP) is 14.4. The molecule has 0 unspecified atom stereocenters. The van der Waals surface area contributed by atoms with Crippen LogP contribution < -0.4 is 0 Å². The lowest BCUT2D eigenvalue weighted by Gasteiger charge is -2.10. The van der Waals surface area contributed by atoms with E-state index in [9.17, 15) is 0 Å². The lowest BCUT2D eigenvalue weighted by Crippen LogP contribution is -2.00. The summed E-state index contributed by atoms with van der Waals surface area (Å²) >= 11 is 3.70. The van der Waals surface area contributed by atoms with Crippen molar-refractivity contribution in [3.63, 3.8) is 0 Å². The van der Waals surface area contributed by atoms with Crippen molar-refractivity contribution < 1.29 is 0 Å². The van der Waals surface area contributed by atoms with Crippen molar-refractivity contribution in [2.75, 3.05) is 0 Å². The van der Waals surface area contributed by atoms with E-state index >= 15 is 0 Å². The van der Waals surface area contributed by atoms with E-state index in [-0.39, 0.29) is 0 Å². The Morgan fingerprint density at radius 1 is 0.333 bits per heavy atom. The Hall–Kier alpha value is -6.99. The van der Waals surface area contributed by atoms with Crippen LogP contribution in [0.1, 0.15) is 0 Å². The van der Waals surface area contributed by atoms with Crippen molar-refractivity contribution >= 4 is 84.8 Å². The second-order valence-electron chi connectivity index (χ2n) is 14.4. The van der Waals surface area contributed by atoms with Crippen LogP contribution in [0.25, 0.3) is 113 Å². The van der Waals surface area contributed by atoms with Crippen LogP contribution in [0.2, 0.25) is 0 Å². The second kappa shape index (κ2) is 12.8. The molecule has 4 aromatic heterocycles. The highest BCUT2D eigenvalue weighted by Gasteiger charge is 2.19. The number of hydrogen-bond donors (Lipinski definition) is 0. The van der Waals surface area contributed by atoms with Gasteiger partial charge >= 0.3 is 0 Å². The molecule has 0 saturated heterocycles. The van der Waals surface area contributed by atoms with Gasteiger partial charge in [0.25, 0.3) is 0 Å². The molecule has 0 amide bonds. The molecule has 0 N–H and O–H groups in total. The molecule has 0 saturated carbocycles. The SMILES string of the molecule is c1ccc(-c2nc(-c3ccccc3)nc(-c3ccc4sc5cccc(-c6ccc7c(c6)sc6cccc(-n8c9ccccc9c9ccccc98)c67)c5c4c3)n2)cc1. The molecule has 0 fully saturated rings. The summed E-state index contributed by atoms with van der Waals surface area (Å²) in [6, 6.07) is 64.9. The van der Waals surface area contributed by atoms with E-state index in [0.29, 0.717) is 17.5 Å². The van der Waals surface area contributed by atoms with Gasteiger partial charge in [0.05, 0.1) is 16.7 Å². The van der Waals surface area contributed by atoms with E-state index in [1.165, 1.54) is 79.0 Å². The molecule has 0 spiro atoms. The predicted molar refractivity (Wildman–Crippen MR) is 242 cm³/mol. The molecule has 12 rings (SSSR count). The average molecular weight is 763 g/mol. The van der Waals surface area contributed by atoms with Crippen molar-refractivity contribution in [2.45, 2.75) is 0 Å². The molecule has 266 valence electrons. The molecule has 12 aromatic rings. The Bertz CT molecular complexity index is 3410. The lowest BCUT2D eigenvalue weighted by atomic mass is 9.97. The molecular formula is C51H30N4S2. The molecule has 4 heterocycles. The standard InChI is InChI=1S/C51H30N4S2/c1-3-13-31(14-4-1)49-52-50(32-15-5-2-6-16-32)54-51(53-49)34-26-28-43-39(29-34)47-35(19-11-23-44(47)56-43)33-25-27-38-46(30-33)57-45-24-12-22-42(48(38)45)55-40-20-9-7-17-36(40)37-18-8-10-21-41(37)55/h1-30H. The smallest absolute Gasteiger partial charge is 0.164 e. The summed E-state index contributed by atoms with van der Waals surface area (Å²) < 4.78 is 7.50. The maximum atomic E-state index is 5.05. The van der Waals surface area contributed by atoms with Crippen LogP contribution >= 0.6 is 22.7 Å². The zero-order chi connectivity index (χ0) is 37.5. The fourth-order valence-electron chi connectivity index (χ4n) is 8.49. The van der Waals surface area contributed by atoms with Gasteiger partial charge in [-0.1, -0.05) is 127 Å². The molecule has 8 aromatic carbocycles. The second-order valence-corrected chi connectivity index (χ2v) is 16.5. The fraction of sp³-hybridized carbons (Fsp3) is 0. The molecule has 0 atom stereocenters. The van der Waals surface area contributed by atoms with Crippen LogP contribution in [-0.4, -0.2) is 19.5 Å². The third-order valence-corrected chi connectivity index (χ3v) is 13.3. The lowest BCUT2D eigenvalue weighted by molar-refractivity contribution is 1.07. The molecule has 0 aliphatic rings. The number of rotatable bonds is 5. The summed E-state index contributed by atoms with van der Waals surface area (Å²) in [6.45, 7) is 0. The van der Waals surface area contributed by atoms with Crippen molar-refractivity contribution in [3.8, 4) is 51.0 Å². The minimum absolute atomic E-state index is 0.659. The molecule has 6 heteroatoms. The molecule has 4 nitrogen and oxygen atoms in total. The monoisotopic (exact) mass is 762 g/mol. The van der Waals surface area contributed by atoms with Gasteiger partial charge in [0.2, 0.25) is 0 Å². The third-order valence-electron chi connectivity index (χ3n) is 11.1. The number of nitrogens with zero attached hydrogens (tertiary/aromatic N) is 4. The Kier molecular flexibility index (Phi) is 7.24. The normalized spacial score (nSPS) is 11.9. The highest BCUT2D eigenvalue weighted by molar-refractivity contribution is 7.26. The van der Waals surface area contributed by atoms with Gasteiger partial charge in [0.1, 0.15) is 0 Å². The van der Waals surface area contributed by atoms with Gasteiger partial charge in [-0.05, 0) is 65.7 Å². The summed E-state index contributed by atoms with van der Waals surface area (Å²) in [6.07, 6.45) is 0. The first kappa shape index (κ1) is 32.3. The van der Waals surface area contributed by atoms with E-state index in [4.69, 9.17) is 15.0 Å². The fourth-order valence-corrected chi connectivity index (χ4v) is 10.8. The average Bonchev–Trinajstić information content (AvgIpc) is 3.96. The van der Waals surface area contributed by atoms with Crippen LogP contribution in [0.4, 0.5) is 0 Å². The quantitative estimate of drug-likeness (QED) is 0.175. The van der Waals surface area contributed by atoms with Gasteiger partial charge in [-0.2, -0.15) is 0 Å². The molecule has 0 aliphatic heterocycles. The highest BCUT2D eigenvalue weighted by Crippen LogP contribution is 2.45. The first-order valence-corrected chi connectivity index (χ1v) is 20.7. The number of thiophene rings is 2. The van der Waals surface area contributed by atoms with Crippen molar-refractivity contribution in [1.29, 1.82) is 0 Å². The topological polar surface area (TPSA) is 43.6 Å². The third kappa shape index (κ3) is 5.15. The Morgan fingerprint density at radius 2 is 0.895 bits per heavy atom. The zero-order valence-corrected chi connectivity index (χ0v) is 32.1. The summed E-state index contributed by atoms with van der Waals surface area (Å²) in [7, 11) is 0. The van der Waals surface area contributed by atoms with E-state index in [1.54, 1.807) is 0 Å². The van der Waals surface area contributed by atoms with Crippen LogP contribution in [0.5, 0.6) is 0 Å². The molecular weight excluding hydrogens is 733 g/mol. The van der Waals surface area contributed by atoms with E-state index in [0.717, 1.165) is 16.7 Å². The van der Waals surface area contributed by atoms with Crippen molar-refractivity contribution in [3.05, 3.63) is 182 Å². The van der Waals surface area contributed by atoms with Gasteiger partial charge in [0, 0.05) is 67.8 Å². The number of aromatic nitrogens is 4. The first-order valence-electron chi connectivity index (χ1n) is 19.0. The first-order chi connectivity index (χ1) is 28.2. The Morgan fingerprint density at radius 3 is 1.58 bits per heavy atom. The minimum atomic E-state index is 0.659. The molecule has 0 bridgehead atoms. The van der Waals surface area contributed by atoms with Gasteiger partial charge < -0.3 is 4.57 Å². The van der Waals surface area contributed by atoms with Crippen LogP contribution in [0, 0.1) is 0 Å². The van der Waals surface area contributed by atoms with E-state index < -0.39 is 0 Å².